The zero-order valence-corrected chi connectivity index (χ0v) is 11.7. The van der Waals surface area contributed by atoms with E-state index < -0.39 is 0 Å². The lowest BCUT2D eigenvalue weighted by Gasteiger charge is -2.01. The molecular formula is C13H9ClN2O3S. The van der Waals surface area contributed by atoms with Crippen LogP contribution in [0.25, 0.3) is 0 Å². The van der Waals surface area contributed by atoms with Crippen molar-refractivity contribution in [2.24, 2.45) is 5.10 Å². The Labute approximate surface area is 123 Å². The van der Waals surface area contributed by atoms with E-state index in [1.807, 2.05) is 6.07 Å². The molecule has 0 aliphatic carbocycles. The Bertz CT molecular complexity index is 684. The maximum Gasteiger partial charge on any atom is 0.271 e. The highest BCUT2D eigenvalue weighted by atomic mass is 35.5. The number of halogens is 1. The average molecular weight is 309 g/mol. The fourth-order valence-corrected chi connectivity index (χ4v) is 2.59. The molecule has 2 aromatic rings. The van der Waals surface area contributed by atoms with Crippen LogP contribution in [-0.4, -0.2) is 18.9 Å². The molecule has 1 aromatic heterocycles. The molecule has 1 amide bonds. The molecule has 0 atom stereocenters. The molecule has 0 bridgehead atoms. The second-order valence-electron chi connectivity index (χ2n) is 3.91. The number of thiophene rings is 1. The van der Waals surface area contributed by atoms with Gasteiger partial charge in [0.15, 0.2) is 11.5 Å². The monoisotopic (exact) mass is 308 g/mol. The van der Waals surface area contributed by atoms with E-state index >= 15 is 0 Å². The molecule has 20 heavy (non-hydrogen) atoms. The zero-order valence-electron chi connectivity index (χ0n) is 10.1. The number of hydrazone groups is 1. The van der Waals surface area contributed by atoms with Crippen molar-refractivity contribution in [1.82, 2.24) is 5.43 Å². The predicted molar refractivity (Wildman–Crippen MR) is 77.0 cm³/mol. The topological polar surface area (TPSA) is 59.9 Å². The molecule has 102 valence electrons. The van der Waals surface area contributed by atoms with Gasteiger partial charge in [0.25, 0.3) is 5.91 Å². The van der Waals surface area contributed by atoms with Gasteiger partial charge in [0.2, 0.25) is 6.79 Å². The minimum Gasteiger partial charge on any atom is -0.454 e. The summed E-state index contributed by atoms with van der Waals surface area (Å²) in [5.41, 5.74) is 2.90. The fourth-order valence-electron chi connectivity index (χ4n) is 1.65. The molecule has 5 nitrogen and oxygen atoms in total. The van der Waals surface area contributed by atoms with Crippen molar-refractivity contribution in [3.8, 4) is 11.5 Å². The van der Waals surface area contributed by atoms with Crippen LogP contribution >= 0.6 is 22.9 Å². The quantitative estimate of drug-likeness (QED) is 0.700. The molecule has 3 rings (SSSR count). The number of rotatable bonds is 3. The van der Waals surface area contributed by atoms with Crippen molar-refractivity contribution < 1.29 is 14.3 Å². The van der Waals surface area contributed by atoms with Crippen LogP contribution in [0.1, 0.15) is 15.2 Å². The van der Waals surface area contributed by atoms with E-state index in [2.05, 4.69) is 10.5 Å². The lowest BCUT2D eigenvalue weighted by atomic mass is 10.2. The maximum absolute atomic E-state index is 11.9. The summed E-state index contributed by atoms with van der Waals surface area (Å²) in [6, 6.07) is 8.56. The molecule has 0 unspecified atom stereocenters. The Kier molecular flexibility index (Phi) is 3.58. The van der Waals surface area contributed by atoms with Gasteiger partial charge in [-0.25, -0.2) is 5.43 Å². The van der Waals surface area contributed by atoms with Crippen LogP contribution in [0.4, 0.5) is 0 Å². The maximum atomic E-state index is 11.9. The predicted octanol–water partition coefficient (Wildman–Crippen LogP) is 2.89. The van der Waals surface area contributed by atoms with E-state index in [4.69, 9.17) is 21.1 Å². The molecule has 1 aliphatic heterocycles. The zero-order chi connectivity index (χ0) is 13.9. The van der Waals surface area contributed by atoms with E-state index in [1.54, 1.807) is 30.5 Å². The van der Waals surface area contributed by atoms with Crippen molar-refractivity contribution in [3.63, 3.8) is 0 Å². The summed E-state index contributed by atoms with van der Waals surface area (Å²) in [7, 11) is 0. The van der Waals surface area contributed by atoms with E-state index in [0.29, 0.717) is 21.4 Å². The normalized spacial score (nSPS) is 12.8. The van der Waals surface area contributed by atoms with Gasteiger partial charge in [0.05, 0.1) is 10.6 Å². The first-order valence-electron chi connectivity index (χ1n) is 5.71. The number of hydrogen-bond acceptors (Lipinski definition) is 5. The molecule has 0 radical (unpaired) electrons. The number of hydrogen-bond donors (Lipinski definition) is 1. The number of fused-ring (bicyclic) bond motifs is 1. The van der Waals surface area contributed by atoms with E-state index in [0.717, 1.165) is 4.88 Å². The SMILES string of the molecule is O=C(N/N=C/c1ccc(Cl)s1)c1ccc2c(c1)OCO2. The first-order chi connectivity index (χ1) is 9.72. The van der Waals surface area contributed by atoms with Crippen LogP contribution in [0, 0.1) is 0 Å². The Hall–Kier alpha value is -2.05. The third-order valence-electron chi connectivity index (χ3n) is 2.59. The van der Waals surface area contributed by atoms with Gasteiger partial charge in [0, 0.05) is 10.4 Å². The van der Waals surface area contributed by atoms with Crippen molar-refractivity contribution in [2.45, 2.75) is 0 Å². The smallest absolute Gasteiger partial charge is 0.271 e. The lowest BCUT2D eigenvalue weighted by Crippen LogP contribution is -2.17. The van der Waals surface area contributed by atoms with Gasteiger partial charge in [-0.05, 0) is 30.3 Å². The molecular weight excluding hydrogens is 300 g/mol. The molecule has 1 aromatic carbocycles. The Morgan fingerprint density at radius 1 is 1.30 bits per heavy atom. The van der Waals surface area contributed by atoms with Crippen LogP contribution in [0.15, 0.2) is 35.4 Å². The Balaban J connectivity index is 1.66. The van der Waals surface area contributed by atoms with Crippen LogP contribution in [0.5, 0.6) is 11.5 Å². The second-order valence-corrected chi connectivity index (χ2v) is 5.66. The van der Waals surface area contributed by atoms with Gasteiger partial charge < -0.3 is 9.47 Å². The van der Waals surface area contributed by atoms with E-state index in [-0.39, 0.29) is 12.7 Å². The molecule has 0 fully saturated rings. The summed E-state index contributed by atoms with van der Waals surface area (Å²) in [5, 5.41) is 3.88. The molecule has 0 saturated carbocycles. The minimum atomic E-state index is -0.317. The number of ether oxygens (including phenoxy) is 2. The highest BCUT2D eigenvalue weighted by Gasteiger charge is 2.15. The van der Waals surface area contributed by atoms with Crippen LogP contribution in [0.2, 0.25) is 4.34 Å². The first-order valence-corrected chi connectivity index (χ1v) is 6.90. The lowest BCUT2D eigenvalue weighted by molar-refractivity contribution is 0.0954. The largest absolute Gasteiger partial charge is 0.454 e. The number of carbonyl (C=O) groups excluding carboxylic acids is 1. The summed E-state index contributed by atoms with van der Waals surface area (Å²) < 4.78 is 11.1. The molecule has 1 aliphatic rings. The Morgan fingerprint density at radius 3 is 2.95 bits per heavy atom. The fraction of sp³-hybridized carbons (Fsp3) is 0.0769. The standard InChI is InChI=1S/C13H9ClN2O3S/c14-12-4-2-9(20-12)6-15-16-13(17)8-1-3-10-11(5-8)19-7-18-10/h1-6H,7H2,(H,16,17)/b15-6+. The van der Waals surface area contributed by atoms with Crippen LogP contribution in [0.3, 0.4) is 0 Å². The summed E-state index contributed by atoms with van der Waals surface area (Å²) in [5.74, 6) is 0.882. The molecule has 0 saturated heterocycles. The average Bonchev–Trinajstić information content (AvgIpc) is 3.06. The van der Waals surface area contributed by atoms with Crippen molar-refractivity contribution in [3.05, 3.63) is 45.1 Å². The first kappa shape index (κ1) is 13.0. The summed E-state index contributed by atoms with van der Waals surface area (Å²) in [6.45, 7) is 0.178. The van der Waals surface area contributed by atoms with Gasteiger partial charge >= 0.3 is 0 Å². The van der Waals surface area contributed by atoms with E-state index in [9.17, 15) is 4.79 Å². The third kappa shape index (κ3) is 2.76. The molecule has 1 N–H and O–H groups in total. The second kappa shape index (κ2) is 5.52. The summed E-state index contributed by atoms with van der Waals surface area (Å²) in [4.78, 5) is 12.8. The number of benzene rings is 1. The molecule has 7 heteroatoms. The van der Waals surface area contributed by atoms with E-state index in [1.165, 1.54) is 11.3 Å². The molecule has 2 heterocycles. The van der Waals surface area contributed by atoms with Gasteiger partial charge in [-0.3, -0.25) is 4.79 Å². The third-order valence-corrected chi connectivity index (χ3v) is 3.75. The van der Waals surface area contributed by atoms with Crippen molar-refractivity contribution in [1.29, 1.82) is 0 Å². The van der Waals surface area contributed by atoms with Gasteiger partial charge in [0.1, 0.15) is 0 Å². The van der Waals surface area contributed by atoms with Crippen molar-refractivity contribution in [2.75, 3.05) is 6.79 Å². The number of carbonyl (C=O) groups is 1. The number of nitrogens with zero attached hydrogens (tertiary/aromatic N) is 1. The van der Waals surface area contributed by atoms with Gasteiger partial charge in [-0.2, -0.15) is 5.10 Å². The van der Waals surface area contributed by atoms with Crippen LogP contribution in [-0.2, 0) is 0 Å². The minimum absolute atomic E-state index is 0.178. The Morgan fingerprint density at radius 2 is 2.15 bits per heavy atom. The van der Waals surface area contributed by atoms with Gasteiger partial charge in [-0.1, -0.05) is 11.6 Å². The summed E-state index contributed by atoms with van der Waals surface area (Å²) in [6.07, 6.45) is 1.54. The number of nitrogens with one attached hydrogen (secondary N) is 1. The van der Waals surface area contributed by atoms with Gasteiger partial charge in [-0.15, -0.1) is 11.3 Å². The van der Waals surface area contributed by atoms with Crippen LogP contribution < -0.4 is 14.9 Å². The van der Waals surface area contributed by atoms with Crippen molar-refractivity contribution >= 4 is 35.1 Å². The highest BCUT2D eigenvalue weighted by Crippen LogP contribution is 2.32. The number of amides is 1. The molecule has 0 spiro atoms. The summed E-state index contributed by atoms with van der Waals surface area (Å²) >= 11 is 7.18. The highest BCUT2D eigenvalue weighted by molar-refractivity contribution is 7.17.